The Morgan fingerprint density at radius 2 is 2.11 bits per heavy atom. The van der Waals surface area contributed by atoms with Crippen LogP contribution >= 0.6 is 15.9 Å². The van der Waals surface area contributed by atoms with Gasteiger partial charge < -0.3 is 10.0 Å². The van der Waals surface area contributed by atoms with E-state index in [1.165, 1.54) is 12.8 Å². The summed E-state index contributed by atoms with van der Waals surface area (Å²) in [6, 6.07) is 3.95. The number of β-amino-alcohol motifs (C(OH)–C–C–N with tert-alkyl or cyclic N) is 1. The normalized spacial score (nSPS) is 21.5. The summed E-state index contributed by atoms with van der Waals surface area (Å²) in [6.07, 6.45) is 5.94. The average Bonchev–Trinajstić information content (AvgIpc) is 3.18. The molecule has 0 radical (unpaired) electrons. The first kappa shape index (κ1) is 11.6. The molecule has 0 atom stereocenters. The minimum atomic E-state index is -0.467. The zero-order chi connectivity index (χ0) is 13.0. The van der Waals surface area contributed by atoms with Gasteiger partial charge in [-0.05, 0) is 46.8 Å². The third-order valence-corrected chi connectivity index (χ3v) is 4.56. The van der Waals surface area contributed by atoms with Gasteiger partial charge >= 0.3 is 0 Å². The van der Waals surface area contributed by atoms with Gasteiger partial charge in [-0.2, -0.15) is 0 Å². The third-order valence-electron chi connectivity index (χ3n) is 4.13. The van der Waals surface area contributed by atoms with E-state index in [9.17, 15) is 5.11 Å². The minimum absolute atomic E-state index is 0.467. The van der Waals surface area contributed by atoms with Crippen molar-refractivity contribution in [3.63, 3.8) is 0 Å². The summed E-state index contributed by atoms with van der Waals surface area (Å²) in [5.74, 6) is 0.513. The first-order chi connectivity index (χ1) is 9.16. The number of hydrogen-bond acceptors (Lipinski definition) is 4. The number of rotatable bonds is 2. The van der Waals surface area contributed by atoms with E-state index in [1.807, 2.05) is 12.1 Å². The van der Waals surface area contributed by atoms with Crippen LogP contribution in [0.25, 0.3) is 11.0 Å². The molecule has 2 aromatic rings. The van der Waals surface area contributed by atoms with Crippen molar-refractivity contribution in [3.05, 3.63) is 29.0 Å². The van der Waals surface area contributed by atoms with Gasteiger partial charge in [0.2, 0.25) is 0 Å². The van der Waals surface area contributed by atoms with E-state index in [-0.39, 0.29) is 0 Å². The number of aliphatic hydroxyl groups is 1. The van der Waals surface area contributed by atoms with E-state index in [1.54, 1.807) is 12.4 Å². The van der Waals surface area contributed by atoms with Crippen LogP contribution in [0.3, 0.4) is 0 Å². The molecule has 2 fully saturated rings. The Kier molecular flexibility index (Phi) is 2.38. The Bertz CT molecular complexity index is 650. The van der Waals surface area contributed by atoms with E-state index in [4.69, 9.17) is 0 Å². The summed E-state index contributed by atoms with van der Waals surface area (Å²) in [5, 5.41) is 10.4. The summed E-state index contributed by atoms with van der Waals surface area (Å²) >= 11 is 3.41. The lowest BCUT2D eigenvalue weighted by atomic mass is 9.88. The molecule has 1 saturated heterocycles. The van der Waals surface area contributed by atoms with Crippen LogP contribution in [0.5, 0.6) is 0 Å². The Balaban J connectivity index is 1.69. The van der Waals surface area contributed by atoms with Gasteiger partial charge in [-0.1, -0.05) is 0 Å². The molecule has 1 saturated carbocycles. The molecular formula is C14H14BrN3O. The molecule has 0 spiro atoms. The number of pyridine rings is 2. The monoisotopic (exact) mass is 319 g/mol. The standard InChI is InChI=1S/C14H14BrN3O/c15-10-5-11-13(17-6-10)12(3-4-16-11)18-7-14(19,8-18)9-1-2-9/h3-6,9,19H,1-2,7-8H2. The molecule has 5 heteroatoms. The van der Waals surface area contributed by atoms with Crippen molar-refractivity contribution in [1.29, 1.82) is 0 Å². The number of fused-ring (bicyclic) bond motifs is 1. The summed E-state index contributed by atoms with van der Waals surface area (Å²) in [6.45, 7) is 1.43. The maximum Gasteiger partial charge on any atom is 0.112 e. The SMILES string of the molecule is OC1(C2CC2)CN(c2ccnc3cc(Br)cnc23)C1. The van der Waals surface area contributed by atoms with E-state index < -0.39 is 5.60 Å². The second-order valence-electron chi connectivity index (χ2n) is 5.59. The molecule has 2 aromatic heterocycles. The fraction of sp³-hybridized carbons (Fsp3) is 0.429. The van der Waals surface area contributed by atoms with Crippen LogP contribution in [0.1, 0.15) is 12.8 Å². The van der Waals surface area contributed by atoms with Crippen molar-refractivity contribution in [2.45, 2.75) is 18.4 Å². The fourth-order valence-electron chi connectivity index (χ4n) is 2.91. The predicted molar refractivity (Wildman–Crippen MR) is 77.1 cm³/mol. The van der Waals surface area contributed by atoms with Gasteiger partial charge in [0.15, 0.2) is 0 Å². The van der Waals surface area contributed by atoms with Crippen molar-refractivity contribution in [2.24, 2.45) is 5.92 Å². The Morgan fingerprint density at radius 1 is 1.32 bits per heavy atom. The summed E-state index contributed by atoms with van der Waals surface area (Å²) < 4.78 is 0.933. The summed E-state index contributed by atoms with van der Waals surface area (Å²) in [5.41, 5.74) is 2.39. The molecule has 19 heavy (non-hydrogen) atoms. The maximum atomic E-state index is 10.4. The van der Waals surface area contributed by atoms with Crippen LogP contribution in [-0.4, -0.2) is 33.8 Å². The molecule has 0 amide bonds. The van der Waals surface area contributed by atoms with Crippen LogP contribution in [0.15, 0.2) is 29.0 Å². The highest BCUT2D eigenvalue weighted by molar-refractivity contribution is 9.10. The largest absolute Gasteiger partial charge is 0.386 e. The third kappa shape index (κ3) is 1.83. The highest BCUT2D eigenvalue weighted by Crippen LogP contribution is 2.46. The molecule has 3 heterocycles. The molecule has 1 aliphatic heterocycles. The summed E-state index contributed by atoms with van der Waals surface area (Å²) in [7, 11) is 0. The van der Waals surface area contributed by atoms with E-state index in [2.05, 4.69) is 30.8 Å². The van der Waals surface area contributed by atoms with Gasteiger partial charge in [0.25, 0.3) is 0 Å². The van der Waals surface area contributed by atoms with Crippen LogP contribution in [0.4, 0.5) is 5.69 Å². The predicted octanol–water partition coefficient (Wildman–Crippen LogP) is 2.35. The minimum Gasteiger partial charge on any atom is -0.386 e. The Hall–Kier alpha value is -1.20. The lowest BCUT2D eigenvalue weighted by Gasteiger charge is -2.48. The molecule has 1 aliphatic carbocycles. The quantitative estimate of drug-likeness (QED) is 0.923. The Labute approximate surface area is 119 Å². The molecule has 0 bridgehead atoms. The maximum absolute atomic E-state index is 10.4. The molecule has 98 valence electrons. The lowest BCUT2D eigenvalue weighted by Crippen LogP contribution is -2.63. The van der Waals surface area contributed by atoms with Gasteiger partial charge in [-0.3, -0.25) is 9.97 Å². The number of hydrogen-bond donors (Lipinski definition) is 1. The fourth-order valence-corrected chi connectivity index (χ4v) is 3.23. The van der Waals surface area contributed by atoms with Crippen molar-refractivity contribution in [2.75, 3.05) is 18.0 Å². The van der Waals surface area contributed by atoms with Crippen molar-refractivity contribution >= 4 is 32.7 Å². The average molecular weight is 320 g/mol. The zero-order valence-electron chi connectivity index (χ0n) is 10.4. The van der Waals surface area contributed by atoms with Gasteiger partial charge in [-0.25, -0.2) is 0 Å². The number of halogens is 1. The van der Waals surface area contributed by atoms with Crippen molar-refractivity contribution < 1.29 is 5.11 Å². The second-order valence-corrected chi connectivity index (χ2v) is 6.50. The molecule has 4 rings (SSSR count). The highest BCUT2D eigenvalue weighted by atomic mass is 79.9. The molecule has 4 nitrogen and oxygen atoms in total. The summed E-state index contributed by atoms with van der Waals surface area (Å²) in [4.78, 5) is 11.0. The number of nitrogens with zero attached hydrogens (tertiary/aromatic N) is 3. The molecule has 0 aromatic carbocycles. The topological polar surface area (TPSA) is 49.2 Å². The highest BCUT2D eigenvalue weighted by Gasteiger charge is 2.52. The number of aromatic nitrogens is 2. The first-order valence-electron chi connectivity index (χ1n) is 6.53. The van der Waals surface area contributed by atoms with Crippen molar-refractivity contribution in [3.8, 4) is 0 Å². The molecular weight excluding hydrogens is 306 g/mol. The molecule has 1 N–H and O–H groups in total. The van der Waals surface area contributed by atoms with Crippen LogP contribution in [0.2, 0.25) is 0 Å². The Morgan fingerprint density at radius 3 is 2.84 bits per heavy atom. The van der Waals surface area contributed by atoms with E-state index in [0.29, 0.717) is 19.0 Å². The van der Waals surface area contributed by atoms with Gasteiger partial charge in [0.1, 0.15) is 11.1 Å². The van der Waals surface area contributed by atoms with Crippen LogP contribution < -0.4 is 4.90 Å². The van der Waals surface area contributed by atoms with Gasteiger partial charge in [-0.15, -0.1) is 0 Å². The van der Waals surface area contributed by atoms with E-state index >= 15 is 0 Å². The second kappa shape index (κ2) is 3.90. The zero-order valence-corrected chi connectivity index (χ0v) is 12.0. The smallest absolute Gasteiger partial charge is 0.112 e. The molecule has 2 aliphatic rings. The van der Waals surface area contributed by atoms with E-state index in [0.717, 1.165) is 21.2 Å². The van der Waals surface area contributed by atoms with Crippen molar-refractivity contribution in [1.82, 2.24) is 9.97 Å². The van der Waals surface area contributed by atoms with Crippen LogP contribution in [0, 0.1) is 5.92 Å². The first-order valence-corrected chi connectivity index (χ1v) is 7.33. The number of anilines is 1. The van der Waals surface area contributed by atoms with Gasteiger partial charge in [0.05, 0.1) is 11.2 Å². The van der Waals surface area contributed by atoms with Crippen LogP contribution in [-0.2, 0) is 0 Å². The molecule has 0 unspecified atom stereocenters. The lowest BCUT2D eigenvalue weighted by molar-refractivity contribution is -0.00916. The van der Waals surface area contributed by atoms with Gasteiger partial charge in [0, 0.05) is 30.0 Å².